The summed E-state index contributed by atoms with van der Waals surface area (Å²) in [6.45, 7) is 0.122. The molecule has 2 aliphatic carbocycles. The third kappa shape index (κ3) is 4.70. The van der Waals surface area contributed by atoms with E-state index in [1.165, 1.54) is 0 Å². The number of carbonyl (C=O) groups is 1. The van der Waals surface area contributed by atoms with Crippen LogP contribution in [0.25, 0.3) is 0 Å². The van der Waals surface area contributed by atoms with Crippen LogP contribution < -0.4 is 5.32 Å². The maximum Gasteiger partial charge on any atom is 0.416 e. The van der Waals surface area contributed by atoms with E-state index in [1.54, 1.807) is 11.9 Å². The van der Waals surface area contributed by atoms with E-state index < -0.39 is 22.4 Å². The highest BCUT2D eigenvalue weighted by atomic mass is 19.4. The minimum absolute atomic E-state index is 0.0237. The standard InChI is InChI=1S/C18H22F3N3O3/c1-23(17(11-2-3-11)12-4-5-12)16(25)8-9-22-14-7-6-13(18(19,20)21)10-15(14)24(26)27/h6-7,10-12,17,22H,2-5,8-9H2,1H3. The van der Waals surface area contributed by atoms with E-state index in [1.807, 2.05) is 0 Å². The lowest BCUT2D eigenvalue weighted by molar-refractivity contribution is -0.384. The number of nitro groups is 1. The number of rotatable bonds is 8. The van der Waals surface area contributed by atoms with Crippen LogP contribution in [-0.4, -0.2) is 35.4 Å². The number of hydrogen-bond acceptors (Lipinski definition) is 4. The first-order chi connectivity index (χ1) is 12.7. The van der Waals surface area contributed by atoms with E-state index in [0.29, 0.717) is 17.9 Å². The van der Waals surface area contributed by atoms with Crippen LogP contribution in [0, 0.1) is 22.0 Å². The molecule has 0 heterocycles. The predicted octanol–water partition coefficient (Wildman–Crippen LogP) is 4.06. The second-order valence-electron chi connectivity index (χ2n) is 7.33. The van der Waals surface area contributed by atoms with Crippen molar-refractivity contribution >= 4 is 17.3 Å². The smallest absolute Gasteiger partial charge is 0.379 e. The van der Waals surface area contributed by atoms with Crippen molar-refractivity contribution in [1.82, 2.24) is 4.90 Å². The number of benzene rings is 1. The van der Waals surface area contributed by atoms with Crippen LogP contribution in [0.4, 0.5) is 24.5 Å². The number of anilines is 1. The molecule has 0 atom stereocenters. The minimum atomic E-state index is -4.65. The van der Waals surface area contributed by atoms with Gasteiger partial charge in [0.2, 0.25) is 5.91 Å². The van der Waals surface area contributed by atoms with Gasteiger partial charge in [-0.3, -0.25) is 14.9 Å². The van der Waals surface area contributed by atoms with Crippen molar-refractivity contribution in [2.75, 3.05) is 18.9 Å². The Hall–Kier alpha value is -2.32. The van der Waals surface area contributed by atoms with Gasteiger partial charge >= 0.3 is 6.18 Å². The van der Waals surface area contributed by atoms with Gasteiger partial charge in [-0.1, -0.05) is 0 Å². The zero-order valence-electron chi connectivity index (χ0n) is 15.0. The Labute approximate surface area is 154 Å². The normalized spacial score (nSPS) is 17.1. The molecule has 0 aromatic heterocycles. The maximum absolute atomic E-state index is 12.7. The zero-order chi connectivity index (χ0) is 19.8. The summed E-state index contributed by atoms with van der Waals surface area (Å²) in [5.74, 6) is 1.10. The first-order valence-electron chi connectivity index (χ1n) is 9.03. The van der Waals surface area contributed by atoms with Gasteiger partial charge in [-0.05, 0) is 49.7 Å². The predicted molar refractivity (Wildman–Crippen MR) is 93.2 cm³/mol. The molecular formula is C18H22F3N3O3. The van der Waals surface area contributed by atoms with E-state index in [2.05, 4.69) is 5.32 Å². The van der Waals surface area contributed by atoms with E-state index in [4.69, 9.17) is 0 Å². The van der Waals surface area contributed by atoms with Gasteiger partial charge in [0.1, 0.15) is 5.69 Å². The molecule has 2 fully saturated rings. The highest BCUT2D eigenvalue weighted by molar-refractivity contribution is 5.77. The number of carbonyl (C=O) groups excluding carboxylic acids is 1. The Morgan fingerprint density at radius 3 is 2.37 bits per heavy atom. The Balaban J connectivity index is 1.59. The van der Waals surface area contributed by atoms with Crippen molar-refractivity contribution in [3.8, 4) is 0 Å². The highest BCUT2D eigenvalue weighted by Gasteiger charge is 2.44. The molecule has 0 radical (unpaired) electrons. The number of nitrogens with one attached hydrogen (secondary N) is 1. The molecule has 0 spiro atoms. The molecule has 1 aromatic rings. The van der Waals surface area contributed by atoms with Gasteiger partial charge in [0.05, 0.1) is 10.5 Å². The molecule has 0 saturated heterocycles. The van der Waals surface area contributed by atoms with Crippen molar-refractivity contribution in [2.24, 2.45) is 11.8 Å². The maximum atomic E-state index is 12.7. The SMILES string of the molecule is CN(C(=O)CCNc1ccc(C(F)(F)F)cc1[N+](=O)[O-])C(C1CC1)C1CC1. The second kappa shape index (κ2) is 7.36. The molecule has 0 unspecified atom stereocenters. The number of nitrogens with zero attached hydrogens (tertiary/aromatic N) is 2. The third-order valence-electron chi connectivity index (χ3n) is 5.23. The van der Waals surface area contributed by atoms with E-state index in [-0.39, 0.29) is 30.6 Å². The summed E-state index contributed by atoms with van der Waals surface area (Å²) >= 11 is 0. The topological polar surface area (TPSA) is 75.5 Å². The molecule has 2 saturated carbocycles. The molecule has 2 aliphatic rings. The Morgan fingerprint density at radius 2 is 1.89 bits per heavy atom. The Morgan fingerprint density at radius 1 is 1.30 bits per heavy atom. The third-order valence-corrected chi connectivity index (χ3v) is 5.23. The van der Waals surface area contributed by atoms with Gasteiger partial charge < -0.3 is 10.2 Å². The largest absolute Gasteiger partial charge is 0.416 e. The quantitative estimate of drug-likeness (QED) is 0.541. The Bertz CT molecular complexity index is 718. The van der Waals surface area contributed by atoms with Crippen molar-refractivity contribution in [1.29, 1.82) is 0 Å². The fraction of sp³-hybridized carbons (Fsp3) is 0.611. The molecule has 9 heteroatoms. The lowest BCUT2D eigenvalue weighted by Crippen LogP contribution is -2.40. The first-order valence-corrected chi connectivity index (χ1v) is 9.03. The van der Waals surface area contributed by atoms with Gasteiger partial charge in [0, 0.05) is 32.1 Å². The van der Waals surface area contributed by atoms with Crippen LogP contribution >= 0.6 is 0 Å². The monoisotopic (exact) mass is 385 g/mol. The molecule has 148 valence electrons. The van der Waals surface area contributed by atoms with Crippen LogP contribution in [0.5, 0.6) is 0 Å². The lowest BCUT2D eigenvalue weighted by atomic mass is 10.1. The van der Waals surface area contributed by atoms with Crippen LogP contribution in [0.3, 0.4) is 0 Å². The molecule has 1 aromatic carbocycles. The van der Waals surface area contributed by atoms with Crippen LogP contribution in [0.2, 0.25) is 0 Å². The van der Waals surface area contributed by atoms with E-state index >= 15 is 0 Å². The second-order valence-corrected chi connectivity index (χ2v) is 7.33. The van der Waals surface area contributed by atoms with Crippen LogP contribution in [0.15, 0.2) is 18.2 Å². The summed E-state index contributed by atoms with van der Waals surface area (Å²) in [5.41, 5.74) is -1.75. The zero-order valence-corrected chi connectivity index (χ0v) is 15.0. The minimum Gasteiger partial charge on any atom is -0.379 e. The molecule has 1 amide bonds. The molecule has 1 N–H and O–H groups in total. The number of halogens is 3. The van der Waals surface area contributed by atoms with Crippen LogP contribution in [-0.2, 0) is 11.0 Å². The van der Waals surface area contributed by atoms with Crippen LogP contribution in [0.1, 0.15) is 37.7 Å². The average Bonchev–Trinajstić information content (AvgIpc) is 3.48. The molecule has 3 rings (SSSR count). The Kier molecular flexibility index (Phi) is 5.30. The molecule has 6 nitrogen and oxygen atoms in total. The van der Waals surface area contributed by atoms with Crippen molar-refractivity contribution in [3.05, 3.63) is 33.9 Å². The summed E-state index contributed by atoms with van der Waals surface area (Å²) in [7, 11) is 1.80. The number of amides is 1. The summed E-state index contributed by atoms with van der Waals surface area (Å²) in [6.07, 6.45) is 0.0698. The molecular weight excluding hydrogens is 363 g/mol. The van der Waals surface area contributed by atoms with Gasteiger partial charge in [0.15, 0.2) is 0 Å². The number of hydrogen-bond donors (Lipinski definition) is 1. The van der Waals surface area contributed by atoms with Gasteiger partial charge in [-0.25, -0.2) is 0 Å². The average molecular weight is 385 g/mol. The number of alkyl halides is 3. The fourth-order valence-electron chi connectivity index (χ4n) is 3.55. The van der Waals surface area contributed by atoms with Gasteiger partial charge in [-0.2, -0.15) is 13.2 Å². The summed E-state index contributed by atoms with van der Waals surface area (Å²) in [6, 6.07) is 2.61. The van der Waals surface area contributed by atoms with Crippen molar-refractivity contribution in [2.45, 2.75) is 44.3 Å². The summed E-state index contributed by atoms with van der Waals surface area (Å²) in [5, 5.41) is 13.8. The summed E-state index contributed by atoms with van der Waals surface area (Å²) < 4.78 is 38.2. The fourth-order valence-corrected chi connectivity index (χ4v) is 3.55. The molecule has 27 heavy (non-hydrogen) atoms. The van der Waals surface area contributed by atoms with E-state index in [0.717, 1.165) is 37.8 Å². The van der Waals surface area contributed by atoms with Gasteiger partial charge in [-0.15, -0.1) is 0 Å². The first kappa shape index (κ1) is 19.4. The van der Waals surface area contributed by atoms with Crippen molar-refractivity contribution < 1.29 is 22.9 Å². The molecule has 0 bridgehead atoms. The lowest BCUT2D eigenvalue weighted by Gasteiger charge is -2.28. The number of nitro benzene ring substituents is 1. The van der Waals surface area contributed by atoms with Gasteiger partial charge in [0.25, 0.3) is 5.69 Å². The molecule has 0 aliphatic heterocycles. The van der Waals surface area contributed by atoms with E-state index in [9.17, 15) is 28.1 Å². The summed E-state index contributed by atoms with van der Waals surface area (Å²) in [4.78, 5) is 24.5. The van der Waals surface area contributed by atoms with Crippen molar-refractivity contribution in [3.63, 3.8) is 0 Å². The highest BCUT2D eigenvalue weighted by Crippen LogP contribution is 2.47.